The largest absolute Gasteiger partial charge is 0.495 e. The lowest BCUT2D eigenvalue weighted by atomic mass is 9.97. The normalized spacial score (nSPS) is 15.6. The number of halogens is 1. The van der Waals surface area contributed by atoms with Gasteiger partial charge < -0.3 is 20.1 Å². The number of amides is 2. The summed E-state index contributed by atoms with van der Waals surface area (Å²) < 4.78 is 5.09. The van der Waals surface area contributed by atoms with Crippen LogP contribution in [0, 0.1) is 5.92 Å². The van der Waals surface area contributed by atoms with Crippen molar-refractivity contribution in [2.75, 3.05) is 25.5 Å². The number of carbonyl (C=O) groups is 2. The third kappa shape index (κ3) is 3.78. The van der Waals surface area contributed by atoms with Gasteiger partial charge in [0, 0.05) is 24.8 Å². The predicted octanol–water partition coefficient (Wildman–Crippen LogP) is 2.68. The molecule has 1 aliphatic heterocycles. The van der Waals surface area contributed by atoms with Gasteiger partial charge >= 0.3 is 12.0 Å². The molecular weight excluding hydrogens is 296 g/mol. The maximum absolute atomic E-state index is 12.1. The second-order valence-corrected chi connectivity index (χ2v) is 5.29. The van der Waals surface area contributed by atoms with Gasteiger partial charge in [0.25, 0.3) is 0 Å². The van der Waals surface area contributed by atoms with Crippen molar-refractivity contribution in [3.05, 3.63) is 23.2 Å². The quantitative estimate of drug-likeness (QED) is 0.899. The molecule has 1 heterocycles. The van der Waals surface area contributed by atoms with E-state index < -0.39 is 5.97 Å². The van der Waals surface area contributed by atoms with Crippen molar-refractivity contribution in [3.8, 4) is 5.75 Å². The first-order valence-electron chi connectivity index (χ1n) is 6.63. The highest BCUT2D eigenvalue weighted by Crippen LogP contribution is 2.27. The van der Waals surface area contributed by atoms with Gasteiger partial charge in [-0.25, -0.2) is 4.79 Å². The molecule has 0 atom stereocenters. The summed E-state index contributed by atoms with van der Waals surface area (Å²) in [6.45, 7) is 0.876. The number of carboxylic acids is 1. The van der Waals surface area contributed by atoms with Crippen LogP contribution in [0.1, 0.15) is 12.8 Å². The number of aliphatic carboxylic acids is 1. The van der Waals surface area contributed by atoms with Gasteiger partial charge in [-0.05, 0) is 25.0 Å². The van der Waals surface area contributed by atoms with Crippen LogP contribution in [-0.4, -0.2) is 42.2 Å². The topological polar surface area (TPSA) is 78.9 Å². The first-order valence-corrected chi connectivity index (χ1v) is 7.01. The van der Waals surface area contributed by atoms with Crippen LogP contribution >= 0.6 is 11.6 Å². The number of rotatable bonds is 3. The van der Waals surface area contributed by atoms with E-state index in [1.54, 1.807) is 23.1 Å². The van der Waals surface area contributed by atoms with Crippen molar-refractivity contribution in [2.24, 2.45) is 5.92 Å². The Bertz CT molecular complexity index is 542. The van der Waals surface area contributed by atoms with Crippen molar-refractivity contribution in [2.45, 2.75) is 12.8 Å². The molecule has 0 spiro atoms. The number of urea groups is 1. The molecule has 0 aromatic heterocycles. The van der Waals surface area contributed by atoms with E-state index in [2.05, 4.69) is 5.32 Å². The minimum absolute atomic E-state index is 0.247. The molecule has 21 heavy (non-hydrogen) atoms. The molecule has 0 saturated carbocycles. The lowest BCUT2D eigenvalue weighted by molar-refractivity contribution is -0.143. The van der Waals surface area contributed by atoms with Crippen molar-refractivity contribution < 1.29 is 19.4 Å². The fourth-order valence-electron chi connectivity index (χ4n) is 2.27. The highest BCUT2D eigenvalue weighted by Gasteiger charge is 2.27. The van der Waals surface area contributed by atoms with Crippen LogP contribution in [-0.2, 0) is 4.79 Å². The van der Waals surface area contributed by atoms with Crippen LogP contribution in [0.25, 0.3) is 0 Å². The van der Waals surface area contributed by atoms with Crippen LogP contribution in [0.15, 0.2) is 18.2 Å². The molecule has 2 amide bonds. The lowest BCUT2D eigenvalue weighted by Crippen LogP contribution is -2.42. The number of piperidine rings is 1. The van der Waals surface area contributed by atoms with Crippen LogP contribution in [0.4, 0.5) is 10.5 Å². The molecular formula is C14H17ClN2O4. The zero-order valence-electron chi connectivity index (χ0n) is 11.6. The maximum atomic E-state index is 12.1. The summed E-state index contributed by atoms with van der Waals surface area (Å²) in [5, 5.41) is 12.2. The zero-order valence-corrected chi connectivity index (χ0v) is 12.4. The number of methoxy groups -OCH3 is 1. The number of benzene rings is 1. The lowest BCUT2D eigenvalue weighted by Gasteiger charge is -2.30. The zero-order chi connectivity index (χ0) is 15.4. The van der Waals surface area contributed by atoms with Crippen LogP contribution in [0.3, 0.4) is 0 Å². The fourth-order valence-corrected chi connectivity index (χ4v) is 2.46. The van der Waals surface area contributed by atoms with Gasteiger partial charge in [-0.1, -0.05) is 11.6 Å². The molecule has 1 aromatic rings. The Morgan fingerprint density at radius 3 is 2.62 bits per heavy atom. The molecule has 1 fully saturated rings. The summed E-state index contributed by atoms with van der Waals surface area (Å²) in [6, 6.07) is 4.73. The Morgan fingerprint density at radius 2 is 2.05 bits per heavy atom. The average Bonchev–Trinajstić information content (AvgIpc) is 2.49. The number of hydrogen-bond donors (Lipinski definition) is 2. The molecule has 2 N–H and O–H groups in total. The summed E-state index contributed by atoms with van der Waals surface area (Å²) in [4.78, 5) is 24.6. The summed E-state index contributed by atoms with van der Waals surface area (Å²) >= 11 is 5.92. The predicted molar refractivity (Wildman–Crippen MR) is 79.0 cm³/mol. The van der Waals surface area contributed by atoms with E-state index in [1.807, 2.05) is 0 Å². The summed E-state index contributed by atoms with van der Waals surface area (Å²) in [5.74, 6) is -0.666. The molecule has 0 radical (unpaired) electrons. The van der Waals surface area contributed by atoms with Crippen LogP contribution < -0.4 is 10.1 Å². The second-order valence-electron chi connectivity index (χ2n) is 4.88. The number of carbonyl (C=O) groups excluding carboxylic acids is 1. The third-order valence-corrected chi connectivity index (χ3v) is 3.85. The Morgan fingerprint density at radius 1 is 1.38 bits per heavy atom. The van der Waals surface area contributed by atoms with Gasteiger partial charge in [0.2, 0.25) is 0 Å². The van der Waals surface area contributed by atoms with Gasteiger partial charge in [0.15, 0.2) is 0 Å². The van der Waals surface area contributed by atoms with Gasteiger partial charge in [0.1, 0.15) is 5.75 Å². The smallest absolute Gasteiger partial charge is 0.321 e. The van der Waals surface area contributed by atoms with Gasteiger partial charge in [0.05, 0.1) is 18.1 Å². The third-order valence-electron chi connectivity index (χ3n) is 3.53. The van der Waals surface area contributed by atoms with Crippen molar-refractivity contribution >= 4 is 29.3 Å². The van der Waals surface area contributed by atoms with Crippen molar-refractivity contribution in [1.29, 1.82) is 0 Å². The Balaban J connectivity index is 1.95. The van der Waals surface area contributed by atoms with Gasteiger partial charge in [-0.3, -0.25) is 4.79 Å². The van der Waals surface area contributed by atoms with Crippen molar-refractivity contribution in [3.63, 3.8) is 0 Å². The number of likely N-dealkylation sites (tertiary alicyclic amines) is 1. The molecule has 1 aliphatic rings. The number of ether oxygens (including phenoxy) is 1. The minimum atomic E-state index is -0.794. The number of nitrogens with zero attached hydrogens (tertiary/aromatic N) is 1. The van der Waals surface area contributed by atoms with E-state index in [0.717, 1.165) is 0 Å². The van der Waals surface area contributed by atoms with E-state index in [1.165, 1.54) is 7.11 Å². The van der Waals surface area contributed by atoms with Gasteiger partial charge in [-0.2, -0.15) is 0 Å². The first-order chi connectivity index (χ1) is 10.0. The molecule has 1 aromatic carbocycles. The molecule has 0 unspecified atom stereocenters. The second kappa shape index (κ2) is 6.67. The number of anilines is 1. The minimum Gasteiger partial charge on any atom is -0.495 e. The molecule has 0 bridgehead atoms. The maximum Gasteiger partial charge on any atom is 0.321 e. The monoisotopic (exact) mass is 312 g/mol. The van der Waals surface area contributed by atoms with E-state index in [0.29, 0.717) is 42.4 Å². The van der Waals surface area contributed by atoms with E-state index >= 15 is 0 Å². The van der Waals surface area contributed by atoms with E-state index in [9.17, 15) is 9.59 Å². The summed E-state index contributed by atoms with van der Waals surface area (Å²) in [5.41, 5.74) is 0.585. The molecule has 1 saturated heterocycles. The molecule has 114 valence electrons. The molecule has 2 rings (SSSR count). The highest BCUT2D eigenvalue weighted by atomic mass is 35.5. The van der Waals surface area contributed by atoms with E-state index in [-0.39, 0.29) is 11.9 Å². The molecule has 0 aliphatic carbocycles. The van der Waals surface area contributed by atoms with Gasteiger partial charge in [-0.15, -0.1) is 0 Å². The Kier molecular flexibility index (Phi) is 4.90. The SMILES string of the molecule is COc1cc(NC(=O)N2CCC(C(=O)O)CC2)ccc1Cl. The molecule has 7 heteroatoms. The number of carboxylic acid groups (broad SMARTS) is 1. The number of nitrogens with one attached hydrogen (secondary N) is 1. The Hall–Kier alpha value is -1.95. The van der Waals surface area contributed by atoms with Crippen molar-refractivity contribution in [1.82, 2.24) is 4.90 Å². The first kappa shape index (κ1) is 15.4. The average molecular weight is 313 g/mol. The van der Waals surface area contributed by atoms with Crippen LogP contribution in [0.2, 0.25) is 5.02 Å². The van der Waals surface area contributed by atoms with E-state index in [4.69, 9.17) is 21.4 Å². The standard InChI is InChI=1S/C14H17ClN2O4/c1-21-12-8-10(2-3-11(12)15)16-14(20)17-6-4-9(5-7-17)13(18)19/h2-3,8-9H,4-7H2,1H3,(H,16,20)(H,18,19). The summed E-state index contributed by atoms with van der Waals surface area (Å²) in [7, 11) is 1.50. The number of hydrogen-bond acceptors (Lipinski definition) is 3. The Labute approximate surface area is 127 Å². The fraction of sp³-hybridized carbons (Fsp3) is 0.429. The van der Waals surface area contributed by atoms with Crippen LogP contribution in [0.5, 0.6) is 5.75 Å². The molecule has 6 nitrogen and oxygen atoms in total. The summed E-state index contributed by atoms with van der Waals surface area (Å²) in [6.07, 6.45) is 0.958. The highest BCUT2D eigenvalue weighted by molar-refractivity contribution is 6.32.